The van der Waals surface area contributed by atoms with Crippen molar-refractivity contribution in [3.05, 3.63) is 0 Å². The Morgan fingerprint density at radius 3 is 2.22 bits per heavy atom. The Morgan fingerprint density at radius 2 is 1.61 bits per heavy atom. The second-order valence-corrected chi connectivity index (χ2v) is 6.61. The lowest BCUT2D eigenvalue weighted by molar-refractivity contribution is 0.149. The average Bonchev–Trinajstić information content (AvgIpc) is 2.47. The van der Waals surface area contributed by atoms with E-state index in [0.29, 0.717) is 5.54 Å². The van der Waals surface area contributed by atoms with Crippen molar-refractivity contribution in [1.29, 1.82) is 0 Å². The lowest BCUT2D eigenvalue weighted by Gasteiger charge is -2.40. The zero-order valence-corrected chi connectivity index (χ0v) is 12.5. The molecule has 2 rings (SSSR count). The van der Waals surface area contributed by atoms with Crippen molar-refractivity contribution >= 4 is 0 Å². The van der Waals surface area contributed by atoms with Crippen LogP contribution in [-0.2, 0) is 0 Å². The molecule has 2 nitrogen and oxygen atoms in total. The second-order valence-electron chi connectivity index (χ2n) is 6.61. The maximum atomic E-state index is 3.65. The van der Waals surface area contributed by atoms with Crippen molar-refractivity contribution in [1.82, 2.24) is 10.2 Å². The smallest absolute Gasteiger partial charge is 0.0190 e. The molecule has 0 bridgehead atoms. The van der Waals surface area contributed by atoms with Gasteiger partial charge in [0.05, 0.1) is 0 Å². The third kappa shape index (κ3) is 3.71. The molecule has 106 valence electrons. The molecular formula is C16H32N2. The number of rotatable bonds is 5. The molecular weight excluding hydrogens is 220 g/mol. The highest BCUT2D eigenvalue weighted by Gasteiger charge is 2.30. The van der Waals surface area contributed by atoms with E-state index in [4.69, 9.17) is 0 Å². The van der Waals surface area contributed by atoms with Crippen molar-refractivity contribution < 1.29 is 0 Å². The van der Waals surface area contributed by atoms with Crippen LogP contribution >= 0.6 is 0 Å². The molecule has 2 aliphatic carbocycles. The van der Waals surface area contributed by atoms with Crippen molar-refractivity contribution in [3.8, 4) is 0 Å². The highest BCUT2D eigenvalue weighted by Crippen LogP contribution is 2.31. The van der Waals surface area contributed by atoms with E-state index in [9.17, 15) is 0 Å². The molecule has 0 aromatic rings. The summed E-state index contributed by atoms with van der Waals surface area (Å²) in [4.78, 5) is 2.65. The third-order valence-corrected chi connectivity index (χ3v) is 5.48. The number of nitrogens with one attached hydrogen (secondary N) is 1. The van der Waals surface area contributed by atoms with Gasteiger partial charge in [-0.25, -0.2) is 0 Å². The summed E-state index contributed by atoms with van der Waals surface area (Å²) in [5, 5.41) is 3.65. The molecule has 0 saturated heterocycles. The van der Waals surface area contributed by atoms with Gasteiger partial charge in [0, 0.05) is 11.6 Å². The first-order chi connectivity index (χ1) is 8.76. The molecule has 2 aliphatic rings. The van der Waals surface area contributed by atoms with Crippen molar-refractivity contribution in [2.45, 2.75) is 82.2 Å². The van der Waals surface area contributed by atoms with Crippen LogP contribution in [0.2, 0.25) is 0 Å². The normalized spacial score (nSPS) is 25.5. The van der Waals surface area contributed by atoms with Gasteiger partial charge in [-0.3, -0.25) is 0 Å². The molecule has 0 aromatic carbocycles. The van der Waals surface area contributed by atoms with E-state index in [1.54, 1.807) is 0 Å². The second kappa shape index (κ2) is 6.91. The number of nitrogens with zero attached hydrogens (tertiary/aromatic N) is 1. The molecule has 0 spiro atoms. The van der Waals surface area contributed by atoms with Crippen molar-refractivity contribution in [3.63, 3.8) is 0 Å². The Kier molecular flexibility index (Phi) is 5.50. The minimum absolute atomic E-state index is 0.460. The molecule has 18 heavy (non-hydrogen) atoms. The molecule has 0 heterocycles. The summed E-state index contributed by atoms with van der Waals surface area (Å²) in [6.45, 7) is 1.28. The van der Waals surface area contributed by atoms with Crippen LogP contribution in [0, 0.1) is 0 Å². The van der Waals surface area contributed by atoms with Crippen LogP contribution in [0.25, 0.3) is 0 Å². The lowest BCUT2D eigenvalue weighted by Crippen LogP contribution is -2.47. The number of hydrogen-bond acceptors (Lipinski definition) is 2. The van der Waals surface area contributed by atoms with E-state index in [1.807, 2.05) is 0 Å². The van der Waals surface area contributed by atoms with Crippen LogP contribution < -0.4 is 5.32 Å². The highest BCUT2D eigenvalue weighted by atomic mass is 15.1. The van der Waals surface area contributed by atoms with Crippen LogP contribution in [-0.4, -0.2) is 37.1 Å². The Balaban J connectivity index is 1.77. The fraction of sp³-hybridized carbons (Fsp3) is 1.00. The monoisotopic (exact) mass is 252 g/mol. The first-order valence-corrected chi connectivity index (χ1v) is 8.15. The van der Waals surface area contributed by atoms with E-state index in [-0.39, 0.29) is 0 Å². The van der Waals surface area contributed by atoms with Crippen LogP contribution in [0.1, 0.15) is 70.6 Å². The predicted molar refractivity (Wildman–Crippen MR) is 79.0 cm³/mol. The molecule has 0 atom stereocenters. The predicted octanol–water partition coefficient (Wildman–Crippen LogP) is 3.56. The minimum atomic E-state index is 0.460. The maximum Gasteiger partial charge on any atom is 0.0190 e. The van der Waals surface area contributed by atoms with Gasteiger partial charge in [0.2, 0.25) is 0 Å². The summed E-state index contributed by atoms with van der Waals surface area (Å²) in [5.41, 5.74) is 0.460. The van der Waals surface area contributed by atoms with E-state index < -0.39 is 0 Å². The average molecular weight is 252 g/mol. The molecule has 1 N–H and O–H groups in total. The molecule has 0 aromatic heterocycles. The summed E-state index contributed by atoms with van der Waals surface area (Å²) in [6, 6.07) is 0.872. The summed E-state index contributed by atoms with van der Waals surface area (Å²) in [5.74, 6) is 0. The topological polar surface area (TPSA) is 15.3 Å². The van der Waals surface area contributed by atoms with E-state index in [0.717, 1.165) is 6.04 Å². The highest BCUT2D eigenvalue weighted by molar-refractivity contribution is 4.90. The first-order valence-electron chi connectivity index (χ1n) is 8.15. The van der Waals surface area contributed by atoms with E-state index >= 15 is 0 Å². The van der Waals surface area contributed by atoms with Crippen LogP contribution in [0.15, 0.2) is 0 Å². The summed E-state index contributed by atoms with van der Waals surface area (Å²) in [6.07, 6.45) is 15.7. The largest absolute Gasteiger partial charge is 0.314 e. The minimum Gasteiger partial charge on any atom is -0.314 e. The Morgan fingerprint density at radius 1 is 1.00 bits per heavy atom. The van der Waals surface area contributed by atoms with Gasteiger partial charge < -0.3 is 10.2 Å². The fourth-order valence-corrected chi connectivity index (χ4v) is 3.95. The van der Waals surface area contributed by atoms with Crippen LogP contribution in [0.4, 0.5) is 0 Å². The fourth-order valence-electron chi connectivity index (χ4n) is 3.95. The molecule has 0 amide bonds. The standard InChI is InChI=1S/C16H32N2/c1-17-16(11-7-4-8-12-16)13-14-18(2)15-9-5-3-6-10-15/h15,17H,3-14H2,1-2H3. The molecule has 2 saturated carbocycles. The molecule has 2 heteroatoms. The molecule has 0 aliphatic heterocycles. The zero-order valence-electron chi connectivity index (χ0n) is 12.5. The zero-order chi connectivity index (χ0) is 12.8. The van der Waals surface area contributed by atoms with Gasteiger partial charge in [-0.05, 0) is 52.7 Å². The van der Waals surface area contributed by atoms with Gasteiger partial charge in [0.15, 0.2) is 0 Å². The van der Waals surface area contributed by atoms with Gasteiger partial charge >= 0.3 is 0 Å². The quantitative estimate of drug-likeness (QED) is 0.805. The molecule has 2 fully saturated rings. The first kappa shape index (κ1) is 14.3. The Hall–Kier alpha value is -0.0800. The summed E-state index contributed by atoms with van der Waals surface area (Å²) in [7, 11) is 4.52. The van der Waals surface area contributed by atoms with Crippen molar-refractivity contribution in [2.24, 2.45) is 0 Å². The maximum absolute atomic E-state index is 3.65. The van der Waals surface area contributed by atoms with Crippen molar-refractivity contribution in [2.75, 3.05) is 20.6 Å². The molecule has 0 unspecified atom stereocenters. The SMILES string of the molecule is CNC1(CCN(C)C2CCCCC2)CCCCC1. The van der Waals surface area contributed by atoms with Gasteiger partial charge in [-0.1, -0.05) is 38.5 Å². The van der Waals surface area contributed by atoms with Crippen LogP contribution in [0.3, 0.4) is 0 Å². The Bertz CT molecular complexity index is 227. The van der Waals surface area contributed by atoms with Gasteiger partial charge in [0.25, 0.3) is 0 Å². The molecule has 0 radical (unpaired) electrons. The summed E-state index contributed by atoms with van der Waals surface area (Å²) < 4.78 is 0. The third-order valence-electron chi connectivity index (χ3n) is 5.48. The van der Waals surface area contributed by atoms with Crippen LogP contribution in [0.5, 0.6) is 0 Å². The van der Waals surface area contributed by atoms with Gasteiger partial charge in [-0.15, -0.1) is 0 Å². The number of hydrogen-bond donors (Lipinski definition) is 1. The summed E-state index contributed by atoms with van der Waals surface area (Å²) >= 11 is 0. The van der Waals surface area contributed by atoms with E-state index in [1.165, 1.54) is 77.2 Å². The Labute approximate surface area is 114 Å². The lowest BCUT2D eigenvalue weighted by atomic mass is 9.79. The van der Waals surface area contributed by atoms with E-state index in [2.05, 4.69) is 24.3 Å². The van der Waals surface area contributed by atoms with Gasteiger partial charge in [-0.2, -0.15) is 0 Å². The van der Waals surface area contributed by atoms with Gasteiger partial charge in [0.1, 0.15) is 0 Å².